The minimum absolute atomic E-state index is 0. The SMILES string of the molecule is CN=C(NCc1ccc(N2CCCC2=O)cc1)NCc1nccc2ccccc12.I. The topological polar surface area (TPSA) is 69.6 Å². The third kappa shape index (κ3) is 5.08. The van der Waals surface area contributed by atoms with Gasteiger partial charge in [-0.05, 0) is 35.6 Å². The highest BCUT2D eigenvalue weighted by atomic mass is 127. The van der Waals surface area contributed by atoms with E-state index < -0.39 is 0 Å². The number of guanidine groups is 1. The fourth-order valence-electron chi connectivity index (χ4n) is 3.61. The van der Waals surface area contributed by atoms with Crippen LogP contribution in [0.3, 0.4) is 0 Å². The summed E-state index contributed by atoms with van der Waals surface area (Å²) in [5.41, 5.74) is 3.10. The van der Waals surface area contributed by atoms with Gasteiger partial charge in [0.1, 0.15) is 0 Å². The van der Waals surface area contributed by atoms with Crippen molar-refractivity contribution in [1.29, 1.82) is 0 Å². The number of anilines is 1. The number of nitrogens with one attached hydrogen (secondary N) is 2. The van der Waals surface area contributed by atoms with Gasteiger partial charge in [0.15, 0.2) is 5.96 Å². The molecule has 30 heavy (non-hydrogen) atoms. The molecular weight excluding hydrogens is 489 g/mol. The van der Waals surface area contributed by atoms with E-state index in [0.717, 1.165) is 41.3 Å². The van der Waals surface area contributed by atoms with Gasteiger partial charge in [0.05, 0.1) is 12.2 Å². The monoisotopic (exact) mass is 515 g/mol. The molecule has 0 spiro atoms. The van der Waals surface area contributed by atoms with Crippen LogP contribution in [0.5, 0.6) is 0 Å². The molecule has 0 atom stereocenters. The number of aromatic nitrogens is 1. The smallest absolute Gasteiger partial charge is 0.227 e. The molecule has 0 unspecified atom stereocenters. The van der Waals surface area contributed by atoms with E-state index in [4.69, 9.17) is 0 Å². The molecule has 2 aromatic carbocycles. The number of rotatable bonds is 5. The first-order valence-corrected chi connectivity index (χ1v) is 9.91. The maximum absolute atomic E-state index is 11.9. The van der Waals surface area contributed by atoms with Gasteiger partial charge < -0.3 is 15.5 Å². The molecular formula is C23H26IN5O. The molecule has 7 heteroatoms. The number of hydrogen-bond donors (Lipinski definition) is 2. The molecule has 4 rings (SSSR count). The van der Waals surface area contributed by atoms with Crippen molar-refractivity contribution in [3.8, 4) is 0 Å². The Morgan fingerprint density at radius 3 is 2.57 bits per heavy atom. The lowest BCUT2D eigenvalue weighted by Crippen LogP contribution is -2.36. The molecule has 1 aliphatic heterocycles. The van der Waals surface area contributed by atoms with Crippen molar-refractivity contribution in [2.24, 2.45) is 4.99 Å². The molecule has 2 N–H and O–H groups in total. The van der Waals surface area contributed by atoms with Crippen LogP contribution in [0.4, 0.5) is 5.69 Å². The Morgan fingerprint density at radius 1 is 1.07 bits per heavy atom. The standard InChI is InChI=1S/C23H25N5O.HI/c1-24-23(27-16-21-20-6-3-2-5-18(20)12-13-25-21)26-15-17-8-10-19(11-9-17)28-14-4-7-22(28)29;/h2-3,5-6,8-13H,4,7,14-16H2,1H3,(H2,24,26,27);1H. The van der Waals surface area contributed by atoms with Crippen LogP contribution >= 0.6 is 24.0 Å². The van der Waals surface area contributed by atoms with Gasteiger partial charge in [0.2, 0.25) is 5.91 Å². The molecule has 0 aliphatic carbocycles. The lowest BCUT2D eigenvalue weighted by Gasteiger charge is -2.16. The summed E-state index contributed by atoms with van der Waals surface area (Å²) in [5.74, 6) is 0.932. The number of benzene rings is 2. The van der Waals surface area contributed by atoms with Crippen molar-refractivity contribution < 1.29 is 4.79 Å². The van der Waals surface area contributed by atoms with Gasteiger partial charge in [0.25, 0.3) is 0 Å². The van der Waals surface area contributed by atoms with Crippen LogP contribution in [0, 0.1) is 0 Å². The van der Waals surface area contributed by atoms with E-state index in [1.165, 1.54) is 5.39 Å². The van der Waals surface area contributed by atoms with Crippen LogP contribution in [0.15, 0.2) is 65.8 Å². The molecule has 1 saturated heterocycles. The fourth-order valence-corrected chi connectivity index (χ4v) is 3.61. The highest BCUT2D eigenvalue weighted by molar-refractivity contribution is 14.0. The zero-order chi connectivity index (χ0) is 20.1. The number of nitrogens with zero attached hydrogens (tertiary/aromatic N) is 3. The van der Waals surface area contributed by atoms with Gasteiger partial charge in [-0.1, -0.05) is 36.4 Å². The summed E-state index contributed by atoms with van der Waals surface area (Å²) in [6.07, 6.45) is 3.43. The van der Waals surface area contributed by atoms with Crippen molar-refractivity contribution in [3.63, 3.8) is 0 Å². The van der Waals surface area contributed by atoms with Crippen molar-refractivity contribution in [2.75, 3.05) is 18.5 Å². The predicted octanol–water partition coefficient (Wildman–Crippen LogP) is 3.84. The molecule has 1 aliphatic rings. The second-order valence-electron chi connectivity index (χ2n) is 7.07. The first kappa shape index (κ1) is 22.0. The second kappa shape index (κ2) is 10.4. The number of pyridine rings is 1. The molecule has 3 aromatic rings. The van der Waals surface area contributed by atoms with E-state index in [2.05, 4.69) is 32.7 Å². The zero-order valence-electron chi connectivity index (χ0n) is 17.0. The molecule has 0 saturated carbocycles. The number of aliphatic imine (C=N–C) groups is 1. The van der Waals surface area contributed by atoms with Crippen LogP contribution in [0.1, 0.15) is 24.1 Å². The molecule has 156 valence electrons. The Hall–Kier alpha value is -2.68. The second-order valence-corrected chi connectivity index (χ2v) is 7.07. The average Bonchev–Trinajstić information content (AvgIpc) is 3.20. The summed E-state index contributed by atoms with van der Waals surface area (Å²) in [7, 11) is 1.76. The van der Waals surface area contributed by atoms with E-state index in [1.54, 1.807) is 7.05 Å². The molecule has 0 radical (unpaired) electrons. The molecule has 1 fully saturated rings. The lowest BCUT2D eigenvalue weighted by atomic mass is 10.1. The first-order valence-electron chi connectivity index (χ1n) is 9.91. The minimum Gasteiger partial charge on any atom is -0.352 e. The van der Waals surface area contributed by atoms with E-state index >= 15 is 0 Å². The van der Waals surface area contributed by atoms with E-state index in [1.807, 2.05) is 53.6 Å². The number of fused-ring (bicyclic) bond motifs is 1. The van der Waals surface area contributed by atoms with Crippen molar-refractivity contribution in [3.05, 3.63) is 72.1 Å². The van der Waals surface area contributed by atoms with E-state index in [9.17, 15) is 4.79 Å². The first-order chi connectivity index (χ1) is 14.2. The molecule has 1 aromatic heterocycles. The average molecular weight is 515 g/mol. The summed E-state index contributed by atoms with van der Waals surface area (Å²) in [5, 5.41) is 8.99. The predicted molar refractivity (Wildman–Crippen MR) is 132 cm³/mol. The van der Waals surface area contributed by atoms with Crippen molar-refractivity contribution >= 4 is 52.3 Å². The van der Waals surface area contributed by atoms with Crippen LogP contribution < -0.4 is 15.5 Å². The van der Waals surface area contributed by atoms with E-state index in [0.29, 0.717) is 19.5 Å². The fraction of sp³-hybridized carbons (Fsp3) is 0.261. The Morgan fingerprint density at radius 2 is 1.83 bits per heavy atom. The van der Waals surface area contributed by atoms with Gasteiger partial charge >= 0.3 is 0 Å². The van der Waals surface area contributed by atoms with Gasteiger partial charge in [-0.2, -0.15) is 0 Å². The Bertz CT molecular complexity index is 1030. The number of halogens is 1. The number of carbonyl (C=O) groups is 1. The van der Waals surface area contributed by atoms with Crippen molar-refractivity contribution in [1.82, 2.24) is 15.6 Å². The number of hydrogen-bond acceptors (Lipinski definition) is 3. The Labute approximate surface area is 193 Å². The highest BCUT2D eigenvalue weighted by Gasteiger charge is 2.21. The quantitative estimate of drug-likeness (QED) is 0.308. The maximum atomic E-state index is 11.9. The summed E-state index contributed by atoms with van der Waals surface area (Å²) < 4.78 is 0. The van der Waals surface area contributed by atoms with Gasteiger partial charge in [-0.3, -0.25) is 14.8 Å². The Kier molecular flexibility index (Phi) is 7.62. The minimum atomic E-state index is 0. The third-order valence-electron chi connectivity index (χ3n) is 5.18. The maximum Gasteiger partial charge on any atom is 0.227 e. The molecule has 2 heterocycles. The summed E-state index contributed by atoms with van der Waals surface area (Å²) in [6, 6.07) is 18.4. The van der Waals surface area contributed by atoms with Gasteiger partial charge in [-0.25, -0.2) is 0 Å². The van der Waals surface area contributed by atoms with Crippen molar-refractivity contribution in [2.45, 2.75) is 25.9 Å². The Balaban J connectivity index is 0.00000256. The van der Waals surface area contributed by atoms with Gasteiger partial charge in [0, 0.05) is 43.8 Å². The van der Waals surface area contributed by atoms with Crippen LogP contribution in [-0.2, 0) is 17.9 Å². The number of carbonyl (C=O) groups excluding carboxylic acids is 1. The lowest BCUT2D eigenvalue weighted by molar-refractivity contribution is -0.117. The van der Waals surface area contributed by atoms with Crippen LogP contribution in [-0.4, -0.2) is 30.4 Å². The largest absolute Gasteiger partial charge is 0.352 e. The summed E-state index contributed by atoms with van der Waals surface area (Å²) in [6.45, 7) is 2.06. The molecule has 0 bridgehead atoms. The summed E-state index contributed by atoms with van der Waals surface area (Å²) in [4.78, 5) is 22.5. The van der Waals surface area contributed by atoms with Gasteiger partial charge in [-0.15, -0.1) is 24.0 Å². The summed E-state index contributed by atoms with van der Waals surface area (Å²) >= 11 is 0. The van der Waals surface area contributed by atoms with E-state index in [-0.39, 0.29) is 29.9 Å². The molecule has 1 amide bonds. The third-order valence-corrected chi connectivity index (χ3v) is 5.18. The molecule has 6 nitrogen and oxygen atoms in total. The highest BCUT2D eigenvalue weighted by Crippen LogP contribution is 2.21. The number of amides is 1. The van der Waals surface area contributed by atoms with Crippen LogP contribution in [0.2, 0.25) is 0 Å². The zero-order valence-corrected chi connectivity index (χ0v) is 19.3. The van der Waals surface area contributed by atoms with Crippen LogP contribution in [0.25, 0.3) is 10.8 Å². The normalized spacial score (nSPS) is 14.0.